The first-order valence-corrected chi connectivity index (χ1v) is 9.28. The van der Waals surface area contributed by atoms with Crippen molar-refractivity contribution >= 4 is 27.5 Å². The summed E-state index contributed by atoms with van der Waals surface area (Å²) in [5, 5.41) is 9.94. The van der Waals surface area contributed by atoms with Crippen molar-refractivity contribution in [2.24, 2.45) is 5.14 Å². The molecule has 0 spiro atoms. The van der Waals surface area contributed by atoms with Crippen LogP contribution in [-0.4, -0.2) is 26.8 Å². The molecule has 8 nitrogen and oxygen atoms in total. The molecule has 2 aromatic rings. The lowest BCUT2D eigenvalue weighted by atomic mass is 10.2. The minimum Gasteiger partial charge on any atom is -0.494 e. The summed E-state index contributed by atoms with van der Waals surface area (Å²) in [6, 6.07) is 12.3. The zero-order valence-corrected chi connectivity index (χ0v) is 14.9. The predicted molar refractivity (Wildman–Crippen MR) is 95.9 cm³/mol. The highest BCUT2D eigenvalue weighted by atomic mass is 32.2. The summed E-state index contributed by atoms with van der Waals surface area (Å²) in [5.41, 5.74) is 1.09. The fraction of sp³-hybridized carbons (Fsp3) is 0.176. The van der Waals surface area contributed by atoms with Crippen LogP contribution in [0.5, 0.6) is 5.75 Å². The molecule has 0 aromatic heterocycles. The van der Waals surface area contributed by atoms with E-state index in [1.807, 2.05) is 6.92 Å². The molecule has 26 heavy (non-hydrogen) atoms. The number of hydrogen-bond donors (Lipinski definition) is 3. The molecule has 0 aliphatic heterocycles. The Morgan fingerprint density at radius 1 is 1.00 bits per heavy atom. The zero-order valence-electron chi connectivity index (χ0n) is 14.1. The molecule has 0 saturated carbocycles. The van der Waals surface area contributed by atoms with Crippen molar-refractivity contribution in [3.05, 3.63) is 54.1 Å². The van der Waals surface area contributed by atoms with Gasteiger partial charge >= 0.3 is 11.8 Å². The van der Waals surface area contributed by atoms with Crippen molar-refractivity contribution in [2.75, 3.05) is 11.9 Å². The summed E-state index contributed by atoms with van der Waals surface area (Å²) < 4.78 is 27.6. The molecule has 0 unspecified atom stereocenters. The Morgan fingerprint density at radius 3 is 2.15 bits per heavy atom. The lowest BCUT2D eigenvalue weighted by Crippen LogP contribution is -2.34. The topological polar surface area (TPSA) is 128 Å². The Labute approximate surface area is 151 Å². The quantitative estimate of drug-likeness (QED) is 0.647. The number of nitrogens with one attached hydrogen (secondary N) is 2. The van der Waals surface area contributed by atoms with E-state index in [0.717, 1.165) is 0 Å². The van der Waals surface area contributed by atoms with Gasteiger partial charge < -0.3 is 15.4 Å². The van der Waals surface area contributed by atoms with E-state index in [9.17, 15) is 18.0 Å². The molecule has 0 fully saturated rings. The van der Waals surface area contributed by atoms with Crippen LogP contribution in [0, 0.1) is 0 Å². The molecule has 138 valence electrons. The number of carbonyl (C=O) groups is 2. The molecule has 4 N–H and O–H groups in total. The Kier molecular flexibility index (Phi) is 6.31. The third kappa shape index (κ3) is 5.57. The molecular formula is C17H19N3O5S. The van der Waals surface area contributed by atoms with Gasteiger partial charge in [-0.15, -0.1) is 0 Å². The van der Waals surface area contributed by atoms with Crippen molar-refractivity contribution in [2.45, 2.75) is 18.4 Å². The first kappa shape index (κ1) is 19.4. The van der Waals surface area contributed by atoms with Gasteiger partial charge in [0.2, 0.25) is 10.0 Å². The van der Waals surface area contributed by atoms with Crippen LogP contribution >= 0.6 is 0 Å². The van der Waals surface area contributed by atoms with Gasteiger partial charge in [0.1, 0.15) is 5.75 Å². The van der Waals surface area contributed by atoms with E-state index in [4.69, 9.17) is 9.88 Å². The molecule has 2 rings (SSSR count). The van der Waals surface area contributed by atoms with Crippen LogP contribution in [0.2, 0.25) is 0 Å². The second-order valence-corrected chi connectivity index (χ2v) is 6.84. The molecule has 0 aliphatic carbocycles. The Hall–Kier alpha value is -2.91. The molecule has 0 saturated heterocycles. The molecule has 0 radical (unpaired) electrons. The number of hydrogen-bond acceptors (Lipinski definition) is 5. The van der Waals surface area contributed by atoms with Gasteiger partial charge in [-0.2, -0.15) is 0 Å². The molecule has 2 aromatic carbocycles. The molecule has 0 aliphatic rings. The predicted octanol–water partition coefficient (Wildman–Crippen LogP) is 0.988. The number of amides is 2. The molecule has 9 heteroatoms. The number of ether oxygens (including phenoxy) is 1. The van der Waals surface area contributed by atoms with Crippen LogP contribution in [0.1, 0.15) is 12.5 Å². The van der Waals surface area contributed by atoms with Crippen molar-refractivity contribution in [1.29, 1.82) is 0 Å². The van der Waals surface area contributed by atoms with Crippen LogP contribution in [0.3, 0.4) is 0 Å². The minimum absolute atomic E-state index is 0.0270. The van der Waals surface area contributed by atoms with Crippen LogP contribution in [0.15, 0.2) is 53.4 Å². The van der Waals surface area contributed by atoms with Crippen LogP contribution in [0.4, 0.5) is 5.69 Å². The first-order chi connectivity index (χ1) is 12.3. The highest BCUT2D eigenvalue weighted by Gasteiger charge is 2.14. The Bertz CT molecular complexity index is 878. The second kappa shape index (κ2) is 8.45. The lowest BCUT2D eigenvalue weighted by molar-refractivity contribution is -0.136. The summed E-state index contributed by atoms with van der Waals surface area (Å²) in [7, 11) is -3.77. The average molecular weight is 377 g/mol. The van der Waals surface area contributed by atoms with Gasteiger partial charge in [-0.3, -0.25) is 9.59 Å². The van der Waals surface area contributed by atoms with Gasteiger partial charge in [0.25, 0.3) is 0 Å². The van der Waals surface area contributed by atoms with Gasteiger partial charge in [0.05, 0.1) is 11.5 Å². The van der Waals surface area contributed by atoms with Crippen LogP contribution in [-0.2, 0) is 26.2 Å². The second-order valence-electron chi connectivity index (χ2n) is 5.28. The maximum atomic E-state index is 11.9. The summed E-state index contributed by atoms with van der Waals surface area (Å²) >= 11 is 0. The van der Waals surface area contributed by atoms with Crippen LogP contribution < -0.4 is 20.5 Å². The first-order valence-electron chi connectivity index (χ1n) is 7.73. The molecule has 0 heterocycles. The van der Waals surface area contributed by atoms with E-state index in [-0.39, 0.29) is 11.4 Å². The third-order valence-electron chi connectivity index (χ3n) is 3.33. The summed E-state index contributed by atoms with van der Waals surface area (Å²) in [6.07, 6.45) is 0. The lowest BCUT2D eigenvalue weighted by Gasteiger charge is -2.08. The van der Waals surface area contributed by atoms with E-state index in [0.29, 0.717) is 23.6 Å². The van der Waals surface area contributed by atoms with E-state index >= 15 is 0 Å². The highest BCUT2D eigenvalue weighted by Crippen LogP contribution is 2.15. The van der Waals surface area contributed by atoms with Crippen molar-refractivity contribution in [3.8, 4) is 5.75 Å². The van der Waals surface area contributed by atoms with Crippen molar-refractivity contribution < 1.29 is 22.7 Å². The third-order valence-corrected chi connectivity index (χ3v) is 4.26. The largest absolute Gasteiger partial charge is 0.494 e. The monoisotopic (exact) mass is 377 g/mol. The zero-order chi connectivity index (χ0) is 19.2. The standard InChI is InChI=1S/C17H19N3O5S/c1-2-25-14-7-5-13(6-8-14)20-17(22)16(21)19-11-12-3-9-15(10-4-12)26(18,23)24/h3-10H,2,11H2,1H3,(H,19,21)(H,20,22)(H2,18,23,24). The van der Waals surface area contributed by atoms with Crippen molar-refractivity contribution in [3.63, 3.8) is 0 Å². The number of benzene rings is 2. The number of sulfonamides is 1. The maximum absolute atomic E-state index is 11.9. The van der Waals surface area contributed by atoms with E-state index in [2.05, 4.69) is 10.6 Å². The number of primary sulfonamides is 1. The average Bonchev–Trinajstić information content (AvgIpc) is 2.61. The fourth-order valence-electron chi connectivity index (χ4n) is 2.05. The van der Waals surface area contributed by atoms with Gasteiger partial charge in [-0.1, -0.05) is 12.1 Å². The molecule has 2 amide bonds. The van der Waals surface area contributed by atoms with Crippen LogP contribution in [0.25, 0.3) is 0 Å². The number of carbonyl (C=O) groups excluding carboxylic acids is 2. The fourth-order valence-corrected chi connectivity index (χ4v) is 2.56. The Morgan fingerprint density at radius 2 is 1.62 bits per heavy atom. The molecule has 0 bridgehead atoms. The van der Waals surface area contributed by atoms with Gasteiger partial charge in [-0.25, -0.2) is 13.6 Å². The highest BCUT2D eigenvalue weighted by molar-refractivity contribution is 7.89. The summed E-state index contributed by atoms with van der Waals surface area (Å²) in [4.78, 5) is 23.7. The molecular weight excluding hydrogens is 358 g/mol. The van der Waals surface area contributed by atoms with Gasteiger partial charge in [0, 0.05) is 12.2 Å². The Balaban J connectivity index is 1.88. The number of rotatable bonds is 6. The van der Waals surface area contributed by atoms with E-state index in [1.54, 1.807) is 24.3 Å². The molecule has 0 atom stereocenters. The normalized spacial score (nSPS) is 10.8. The van der Waals surface area contributed by atoms with E-state index in [1.165, 1.54) is 24.3 Å². The van der Waals surface area contributed by atoms with Gasteiger partial charge in [0.15, 0.2) is 0 Å². The maximum Gasteiger partial charge on any atom is 0.313 e. The van der Waals surface area contributed by atoms with Crippen molar-refractivity contribution in [1.82, 2.24) is 5.32 Å². The summed E-state index contributed by atoms with van der Waals surface area (Å²) in [6.45, 7) is 2.47. The van der Waals surface area contributed by atoms with Gasteiger partial charge in [-0.05, 0) is 48.9 Å². The summed E-state index contributed by atoms with van der Waals surface area (Å²) in [5.74, 6) is -0.956. The number of nitrogens with two attached hydrogens (primary N) is 1. The minimum atomic E-state index is -3.77. The smallest absolute Gasteiger partial charge is 0.313 e. The SMILES string of the molecule is CCOc1ccc(NC(=O)C(=O)NCc2ccc(S(N)(=O)=O)cc2)cc1. The number of anilines is 1. The van der Waals surface area contributed by atoms with E-state index < -0.39 is 21.8 Å².